The second-order valence-electron chi connectivity index (χ2n) is 3.10. The van der Waals surface area contributed by atoms with E-state index in [0.29, 0.717) is 16.5 Å². The van der Waals surface area contributed by atoms with Gasteiger partial charge in [0.25, 0.3) is 0 Å². The number of ether oxygens (including phenoxy) is 1. The molecule has 0 bridgehead atoms. The molecule has 0 aliphatic carbocycles. The van der Waals surface area contributed by atoms with E-state index in [1.807, 2.05) is 11.8 Å². The van der Waals surface area contributed by atoms with Crippen LogP contribution >= 0.6 is 23.4 Å². The second-order valence-corrected chi connectivity index (χ2v) is 4.58. The summed E-state index contributed by atoms with van der Waals surface area (Å²) < 4.78 is 5.62. The maximum absolute atomic E-state index is 10.0. The van der Waals surface area contributed by atoms with Crippen molar-refractivity contribution in [3.05, 3.63) is 23.2 Å². The molecule has 1 aromatic carbocycles. The van der Waals surface area contributed by atoms with Crippen LogP contribution in [0, 0.1) is 0 Å². The highest BCUT2D eigenvalue weighted by Crippen LogP contribution is 2.32. The smallest absolute Gasteiger partial charge is 0.240 e. The van der Waals surface area contributed by atoms with Crippen LogP contribution in [0.1, 0.15) is 0 Å². The van der Waals surface area contributed by atoms with E-state index in [2.05, 4.69) is 4.99 Å². The minimum atomic E-state index is 0.257. The van der Waals surface area contributed by atoms with Crippen molar-refractivity contribution in [1.29, 1.82) is 0 Å². The third kappa shape index (κ3) is 2.53. The fourth-order valence-electron chi connectivity index (χ4n) is 1.17. The summed E-state index contributed by atoms with van der Waals surface area (Å²) >= 11 is 7.81. The lowest BCUT2D eigenvalue weighted by Crippen LogP contribution is -2.31. The number of isocyanates is 1. The number of benzene rings is 1. The van der Waals surface area contributed by atoms with Crippen molar-refractivity contribution in [2.75, 3.05) is 11.5 Å². The van der Waals surface area contributed by atoms with E-state index in [4.69, 9.17) is 16.3 Å². The van der Waals surface area contributed by atoms with E-state index in [9.17, 15) is 4.79 Å². The summed E-state index contributed by atoms with van der Waals surface area (Å²) in [7, 11) is 0. The van der Waals surface area contributed by atoms with Gasteiger partial charge in [0.2, 0.25) is 6.08 Å². The molecule has 0 amide bonds. The summed E-state index contributed by atoms with van der Waals surface area (Å²) in [6.45, 7) is 0. The average molecular weight is 242 g/mol. The van der Waals surface area contributed by atoms with Crippen molar-refractivity contribution in [3.63, 3.8) is 0 Å². The number of halogens is 1. The monoisotopic (exact) mass is 241 g/mol. The highest BCUT2D eigenvalue weighted by atomic mass is 35.5. The van der Waals surface area contributed by atoms with Crippen LogP contribution < -0.4 is 4.74 Å². The van der Waals surface area contributed by atoms with Gasteiger partial charge in [0.15, 0.2) is 0 Å². The van der Waals surface area contributed by atoms with Crippen molar-refractivity contribution >= 4 is 35.1 Å². The Morgan fingerprint density at radius 1 is 1.53 bits per heavy atom. The van der Waals surface area contributed by atoms with Gasteiger partial charge in [-0.2, -0.15) is 16.8 Å². The van der Waals surface area contributed by atoms with E-state index < -0.39 is 0 Å². The predicted octanol–water partition coefficient (Wildman–Crippen LogP) is 2.80. The molecule has 0 saturated carbocycles. The van der Waals surface area contributed by atoms with Crippen LogP contribution in [0.15, 0.2) is 23.2 Å². The van der Waals surface area contributed by atoms with E-state index in [1.54, 1.807) is 18.2 Å². The Morgan fingerprint density at radius 2 is 2.33 bits per heavy atom. The summed E-state index contributed by atoms with van der Waals surface area (Å²) in [6, 6.07) is 4.99. The minimum absolute atomic E-state index is 0.257. The summed E-state index contributed by atoms with van der Waals surface area (Å²) in [6.07, 6.45) is 1.72. The van der Waals surface area contributed by atoms with Gasteiger partial charge in [0.1, 0.15) is 11.9 Å². The van der Waals surface area contributed by atoms with E-state index in [0.717, 1.165) is 11.5 Å². The molecule has 15 heavy (non-hydrogen) atoms. The molecule has 5 heteroatoms. The number of nitrogens with zero attached hydrogens (tertiary/aromatic N) is 1. The largest absolute Gasteiger partial charge is 0.487 e. The van der Waals surface area contributed by atoms with Gasteiger partial charge in [-0.3, -0.25) is 0 Å². The molecule has 3 nitrogen and oxygen atoms in total. The summed E-state index contributed by atoms with van der Waals surface area (Å²) in [5, 5.41) is 0.475. The van der Waals surface area contributed by atoms with Gasteiger partial charge < -0.3 is 4.74 Å². The first kappa shape index (κ1) is 10.6. The van der Waals surface area contributed by atoms with E-state index in [1.165, 1.54) is 6.08 Å². The Kier molecular flexibility index (Phi) is 3.31. The molecule has 1 saturated heterocycles. The molecule has 2 rings (SSSR count). The zero-order chi connectivity index (χ0) is 10.7. The lowest BCUT2D eigenvalue weighted by Gasteiger charge is -2.26. The highest BCUT2D eigenvalue weighted by Gasteiger charge is 2.20. The number of aliphatic imine (C=N–C) groups is 1. The average Bonchev–Trinajstić information content (AvgIpc) is 2.14. The number of hydrogen-bond donors (Lipinski definition) is 0. The van der Waals surface area contributed by atoms with Gasteiger partial charge in [0.05, 0.1) is 10.7 Å². The molecule has 1 fully saturated rings. The van der Waals surface area contributed by atoms with Gasteiger partial charge >= 0.3 is 0 Å². The minimum Gasteiger partial charge on any atom is -0.487 e. The second kappa shape index (κ2) is 4.71. The Bertz CT molecular complexity index is 414. The first-order valence-corrected chi connectivity index (χ1v) is 5.94. The first-order valence-electron chi connectivity index (χ1n) is 4.41. The zero-order valence-corrected chi connectivity index (χ0v) is 9.35. The Morgan fingerprint density at radius 3 is 2.87 bits per heavy atom. The van der Waals surface area contributed by atoms with Crippen LogP contribution in [-0.4, -0.2) is 23.7 Å². The normalized spacial score (nSPS) is 15.3. The van der Waals surface area contributed by atoms with Gasteiger partial charge in [-0.15, -0.1) is 0 Å². The molecule has 1 aliphatic rings. The topological polar surface area (TPSA) is 38.7 Å². The van der Waals surface area contributed by atoms with Crippen molar-refractivity contribution in [1.82, 2.24) is 0 Å². The number of thioether (sulfide) groups is 1. The molecular formula is C10H8ClNO2S. The Hall–Kier alpha value is -0.960. The maximum Gasteiger partial charge on any atom is 0.240 e. The fourth-order valence-corrected chi connectivity index (χ4v) is 1.95. The van der Waals surface area contributed by atoms with Crippen molar-refractivity contribution < 1.29 is 9.53 Å². The first-order chi connectivity index (χ1) is 7.29. The molecule has 78 valence electrons. The van der Waals surface area contributed by atoms with Crippen LogP contribution in [0.4, 0.5) is 5.69 Å². The lowest BCUT2D eigenvalue weighted by molar-refractivity contribution is 0.240. The number of carbonyl (C=O) groups excluding carboxylic acids is 1. The molecule has 0 radical (unpaired) electrons. The lowest BCUT2D eigenvalue weighted by atomic mass is 10.3. The van der Waals surface area contributed by atoms with E-state index >= 15 is 0 Å². The molecule has 1 aliphatic heterocycles. The van der Waals surface area contributed by atoms with E-state index in [-0.39, 0.29) is 6.10 Å². The van der Waals surface area contributed by atoms with Crippen LogP contribution in [0.3, 0.4) is 0 Å². The Balaban J connectivity index is 2.14. The molecule has 0 atom stereocenters. The molecule has 0 N–H and O–H groups in total. The summed E-state index contributed by atoms with van der Waals surface area (Å²) in [4.78, 5) is 13.5. The van der Waals surface area contributed by atoms with Gasteiger partial charge in [0, 0.05) is 11.5 Å². The SMILES string of the molecule is O=C=Nc1ccc(OC2CSC2)c(Cl)c1. The van der Waals surface area contributed by atoms with Gasteiger partial charge in [-0.05, 0) is 18.2 Å². The number of hydrogen-bond acceptors (Lipinski definition) is 4. The Labute approximate surface area is 96.5 Å². The van der Waals surface area contributed by atoms with Crippen LogP contribution in [-0.2, 0) is 4.79 Å². The zero-order valence-electron chi connectivity index (χ0n) is 7.77. The third-order valence-electron chi connectivity index (χ3n) is 1.99. The van der Waals surface area contributed by atoms with Crippen LogP contribution in [0.5, 0.6) is 5.75 Å². The van der Waals surface area contributed by atoms with Gasteiger partial charge in [-0.1, -0.05) is 11.6 Å². The molecular weight excluding hydrogens is 234 g/mol. The van der Waals surface area contributed by atoms with Crippen LogP contribution in [0.2, 0.25) is 5.02 Å². The molecule has 0 spiro atoms. The van der Waals surface area contributed by atoms with Crippen LogP contribution in [0.25, 0.3) is 0 Å². The van der Waals surface area contributed by atoms with Gasteiger partial charge in [-0.25, -0.2) is 4.79 Å². The molecule has 1 aromatic rings. The molecule has 0 unspecified atom stereocenters. The standard InChI is InChI=1S/C10H8ClNO2S/c11-9-3-7(12-6-13)1-2-10(9)14-8-4-15-5-8/h1-3,8H,4-5H2. The third-order valence-corrected chi connectivity index (χ3v) is 3.50. The van der Waals surface area contributed by atoms with Crippen molar-refractivity contribution in [2.45, 2.75) is 6.10 Å². The molecule has 0 aromatic heterocycles. The summed E-state index contributed by atoms with van der Waals surface area (Å²) in [5.74, 6) is 2.65. The molecule has 1 heterocycles. The maximum atomic E-state index is 10.0. The van der Waals surface area contributed by atoms with Crippen molar-refractivity contribution in [2.24, 2.45) is 4.99 Å². The number of rotatable bonds is 3. The summed E-state index contributed by atoms with van der Waals surface area (Å²) in [5.41, 5.74) is 0.491. The predicted molar refractivity (Wildman–Crippen MR) is 61.0 cm³/mol. The van der Waals surface area contributed by atoms with Crippen molar-refractivity contribution in [3.8, 4) is 5.75 Å². The highest BCUT2D eigenvalue weighted by molar-refractivity contribution is 8.00. The quantitative estimate of drug-likeness (QED) is 0.603. The fraction of sp³-hybridized carbons (Fsp3) is 0.300.